The molecule has 3 aromatic carbocycles. The third-order valence-electron chi connectivity index (χ3n) is 5.16. The van der Waals surface area contributed by atoms with Gasteiger partial charge in [0.25, 0.3) is 11.8 Å². The van der Waals surface area contributed by atoms with Gasteiger partial charge in [0.05, 0.1) is 36.4 Å². The van der Waals surface area contributed by atoms with Crippen molar-refractivity contribution in [2.75, 3.05) is 18.1 Å². The minimum Gasteiger partial charge on any atom is -0.493 e. The van der Waals surface area contributed by atoms with Gasteiger partial charge in [0.15, 0.2) is 0 Å². The fraction of sp³-hybridized carbons (Fsp3) is 0.208. The molecule has 0 radical (unpaired) electrons. The van der Waals surface area contributed by atoms with Crippen LogP contribution in [0.25, 0.3) is 10.8 Å². The van der Waals surface area contributed by atoms with E-state index < -0.39 is 30.0 Å². The topological polar surface area (TPSA) is 93.1 Å². The number of aliphatic carboxylic acids is 1. The number of carbonyl (C=O) groups excluding carboxylic acids is 2. The van der Waals surface area contributed by atoms with Crippen LogP contribution in [0.4, 0.5) is 10.1 Å². The zero-order chi connectivity index (χ0) is 23.0. The lowest BCUT2D eigenvalue weighted by atomic mass is 9.98. The number of imide groups is 1. The van der Waals surface area contributed by atoms with Crippen LogP contribution < -0.4 is 14.4 Å². The van der Waals surface area contributed by atoms with Crippen molar-refractivity contribution in [2.45, 2.75) is 20.3 Å². The molecule has 3 aromatic rings. The second-order valence-corrected chi connectivity index (χ2v) is 7.14. The highest BCUT2D eigenvalue weighted by atomic mass is 19.1. The molecule has 0 saturated carbocycles. The summed E-state index contributed by atoms with van der Waals surface area (Å²) >= 11 is 0. The minimum absolute atomic E-state index is 0.00679. The first-order chi connectivity index (χ1) is 15.4. The van der Waals surface area contributed by atoms with E-state index in [2.05, 4.69) is 0 Å². The van der Waals surface area contributed by atoms with E-state index in [1.54, 1.807) is 31.2 Å². The van der Waals surface area contributed by atoms with Crippen molar-refractivity contribution in [3.63, 3.8) is 0 Å². The van der Waals surface area contributed by atoms with Crippen LogP contribution >= 0.6 is 0 Å². The normalized spacial score (nSPS) is 12.9. The highest BCUT2D eigenvalue weighted by molar-refractivity contribution is 6.39. The van der Waals surface area contributed by atoms with Crippen molar-refractivity contribution >= 4 is 34.2 Å². The van der Waals surface area contributed by atoms with Gasteiger partial charge in [-0.1, -0.05) is 18.2 Å². The summed E-state index contributed by atoms with van der Waals surface area (Å²) in [6.45, 7) is 4.23. The highest BCUT2D eigenvalue weighted by Crippen LogP contribution is 2.42. The maximum atomic E-state index is 14.5. The Bertz CT molecular complexity index is 1270. The Balaban J connectivity index is 1.91. The van der Waals surface area contributed by atoms with E-state index in [1.807, 2.05) is 6.92 Å². The summed E-state index contributed by atoms with van der Waals surface area (Å²) in [4.78, 5) is 38.6. The summed E-state index contributed by atoms with van der Waals surface area (Å²) in [6.07, 6.45) is -0.509. The number of amides is 2. The third kappa shape index (κ3) is 3.43. The summed E-state index contributed by atoms with van der Waals surface area (Å²) in [6, 6.07) is 10.6. The molecule has 0 aromatic heterocycles. The fourth-order valence-electron chi connectivity index (χ4n) is 3.90. The average molecular weight is 437 g/mol. The molecule has 7 nitrogen and oxygen atoms in total. The molecule has 8 heteroatoms. The van der Waals surface area contributed by atoms with Gasteiger partial charge in [-0.3, -0.25) is 14.4 Å². The van der Waals surface area contributed by atoms with Gasteiger partial charge in [0.1, 0.15) is 17.3 Å². The van der Waals surface area contributed by atoms with Gasteiger partial charge in [-0.15, -0.1) is 0 Å². The first-order valence-corrected chi connectivity index (χ1v) is 10.1. The molecule has 4 rings (SSSR count). The van der Waals surface area contributed by atoms with Crippen molar-refractivity contribution in [1.82, 2.24) is 0 Å². The van der Waals surface area contributed by atoms with Crippen LogP contribution in [0, 0.1) is 5.82 Å². The van der Waals surface area contributed by atoms with Gasteiger partial charge < -0.3 is 14.6 Å². The highest BCUT2D eigenvalue weighted by Gasteiger charge is 2.42. The molecule has 32 heavy (non-hydrogen) atoms. The number of anilines is 1. The van der Waals surface area contributed by atoms with E-state index in [4.69, 9.17) is 14.6 Å². The number of carboxylic acids is 1. The van der Waals surface area contributed by atoms with E-state index >= 15 is 0 Å². The molecular formula is C24H20FNO6. The van der Waals surface area contributed by atoms with E-state index in [0.717, 1.165) is 11.0 Å². The van der Waals surface area contributed by atoms with Crippen LogP contribution in [-0.2, 0) is 11.2 Å². The molecule has 1 aliphatic heterocycles. The number of halogens is 1. The summed E-state index contributed by atoms with van der Waals surface area (Å²) in [5.41, 5.74) is 0.186. The lowest BCUT2D eigenvalue weighted by molar-refractivity contribution is -0.136. The first kappa shape index (κ1) is 21.3. The largest absolute Gasteiger partial charge is 0.493 e. The quantitative estimate of drug-likeness (QED) is 0.557. The minimum atomic E-state index is -1.19. The molecule has 0 spiro atoms. The van der Waals surface area contributed by atoms with Gasteiger partial charge in [0.2, 0.25) is 0 Å². The molecule has 0 aliphatic carbocycles. The Morgan fingerprint density at radius 1 is 0.969 bits per heavy atom. The van der Waals surface area contributed by atoms with Crippen LogP contribution in [-0.4, -0.2) is 36.1 Å². The van der Waals surface area contributed by atoms with Crippen molar-refractivity contribution in [2.24, 2.45) is 0 Å². The van der Waals surface area contributed by atoms with Crippen molar-refractivity contribution in [1.29, 1.82) is 0 Å². The molecule has 2 amide bonds. The molecule has 0 atom stereocenters. The van der Waals surface area contributed by atoms with E-state index in [-0.39, 0.29) is 34.7 Å². The molecule has 0 fully saturated rings. The number of fused-ring (bicyclic) bond motifs is 3. The van der Waals surface area contributed by atoms with E-state index in [0.29, 0.717) is 23.1 Å². The second kappa shape index (κ2) is 8.30. The average Bonchev–Trinajstić information content (AvgIpc) is 3.01. The zero-order valence-corrected chi connectivity index (χ0v) is 17.5. The predicted molar refractivity (Wildman–Crippen MR) is 115 cm³/mol. The smallest absolute Gasteiger partial charge is 0.307 e. The number of hydrogen-bond acceptors (Lipinski definition) is 5. The standard InChI is InChI=1S/C24H20FNO6/c1-3-31-17-7-5-6-14-10-18(32-4-2)21-22(20(14)17)24(30)26(23(21)29)15-9-8-13(11-19(27)28)16(25)12-15/h5-10,12H,3-4,11H2,1-2H3,(H,27,28). The number of rotatable bonds is 7. The molecule has 164 valence electrons. The fourth-order valence-corrected chi connectivity index (χ4v) is 3.90. The van der Waals surface area contributed by atoms with E-state index in [1.165, 1.54) is 12.1 Å². The predicted octanol–water partition coefficient (Wildman–Crippen LogP) is 4.20. The Morgan fingerprint density at radius 3 is 2.31 bits per heavy atom. The van der Waals surface area contributed by atoms with Gasteiger partial charge in [-0.2, -0.15) is 0 Å². The molecule has 1 heterocycles. The van der Waals surface area contributed by atoms with Crippen LogP contribution in [0.2, 0.25) is 0 Å². The summed E-state index contributed by atoms with van der Waals surface area (Å²) in [7, 11) is 0. The molecule has 1 N–H and O–H groups in total. The van der Waals surface area contributed by atoms with Crippen molar-refractivity contribution in [3.05, 3.63) is 65.0 Å². The summed E-state index contributed by atoms with van der Waals surface area (Å²) in [5, 5.41) is 10.1. The maximum absolute atomic E-state index is 14.5. The number of carboxylic acid groups (broad SMARTS) is 1. The van der Waals surface area contributed by atoms with Crippen LogP contribution in [0.1, 0.15) is 40.1 Å². The maximum Gasteiger partial charge on any atom is 0.307 e. The van der Waals surface area contributed by atoms with Crippen molar-refractivity contribution in [3.8, 4) is 11.5 Å². The van der Waals surface area contributed by atoms with Crippen LogP contribution in [0.3, 0.4) is 0 Å². The molecule has 0 bridgehead atoms. The summed E-state index contributed by atoms with van der Waals surface area (Å²) in [5.74, 6) is -2.57. The van der Waals surface area contributed by atoms with E-state index in [9.17, 15) is 18.8 Å². The number of carbonyl (C=O) groups is 3. The van der Waals surface area contributed by atoms with Crippen LogP contribution in [0.5, 0.6) is 11.5 Å². The molecule has 0 unspecified atom stereocenters. The Morgan fingerprint density at radius 2 is 1.66 bits per heavy atom. The van der Waals surface area contributed by atoms with Gasteiger partial charge in [-0.25, -0.2) is 9.29 Å². The van der Waals surface area contributed by atoms with Crippen LogP contribution in [0.15, 0.2) is 42.5 Å². The Kier molecular flexibility index (Phi) is 5.52. The lowest BCUT2D eigenvalue weighted by Crippen LogP contribution is -2.29. The number of nitrogens with zero attached hydrogens (tertiary/aromatic N) is 1. The number of benzene rings is 3. The Hall–Kier alpha value is -3.94. The monoisotopic (exact) mass is 437 g/mol. The van der Waals surface area contributed by atoms with Gasteiger partial charge in [-0.05, 0) is 49.1 Å². The molecule has 0 saturated heterocycles. The molecular weight excluding hydrogens is 417 g/mol. The molecule has 1 aliphatic rings. The summed E-state index contributed by atoms with van der Waals surface area (Å²) < 4.78 is 25.9. The lowest BCUT2D eigenvalue weighted by Gasteiger charge is -2.15. The number of ether oxygens (including phenoxy) is 2. The Labute approximate surface area is 183 Å². The first-order valence-electron chi connectivity index (χ1n) is 10.1. The SMILES string of the molecule is CCOc1cc2cccc(OCC)c2c2c1C(=O)N(c1ccc(CC(=O)O)c(F)c1)C2=O. The van der Waals surface area contributed by atoms with Crippen molar-refractivity contribution < 1.29 is 33.4 Å². The second-order valence-electron chi connectivity index (χ2n) is 7.14. The van der Waals surface area contributed by atoms with Gasteiger partial charge >= 0.3 is 5.97 Å². The third-order valence-corrected chi connectivity index (χ3v) is 5.16. The zero-order valence-electron chi connectivity index (χ0n) is 17.5. The van der Waals surface area contributed by atoms with Gasteiger partial charge in [0, 0.05) is 5.39 Å². The number of hydrogen-bond donors (Lipinski definition) is 1.